The van der Waals surface area contributed by atoms with Gasteiger partial charge < -0.3 is 51.1 Å². The Morgan fingerprint density at radius 3 is 1.10 bits per heavy atom. The summed E-state index contributed by atoms with van der Waals surface area (Å²) in [5.41, 5.74) is 9.82. The maximum absolute atomic E-state index is 9.86. The van der Waals surface area contributed by atoms with Crippen molar-refractivity contribution in [3.8, 4) is 0 Å². The summed E-state index contributed by atoms with van der Waals surface area (Å²) in [6, 6.07) is -2.42. The van der Waals surface area contributed by atoms with Gasteiger partial charge in [-0.3, -0.25) is 0 Å². The van der Waals surface area contributed by atoms with Crippen LogP contribution in [0.1, 0.15) is 25.7 Å². The first-order valence-corrected chi connectivity index (χ1v) is 5.40. The third-order valence-corrected chi connectivity index (χ3v) is 1.92. The van der Waals surface area contributed by atoms with Gasteiger partial charge in [-0.25, -0.2) is 0 Å². The maximum Gasteiger partial charge on any atom is 0.0582 e. The summed E-state index contributed by atoms with van der Waals surface area (Å²) in [6.07, 6.45) is -1.00. The molecule has 4 N–H and O–H groups in total. The van der Waals surface area contributed by atoms with E-state index >= 15 is 0 Å². The molecule has 0 aromatic carbocycles. The molecule has 21 heavy (non-hydrogen) atoms. The fourth-order valence-electron chi connectivity index (χ4n) is 0.782. The Balaban J connectivity index is -0.000000295. The first-order valence-electron chi connectivity index (χ1n) is 5.40. The van der Waals surface area contributed by atoms with Crippen LogP contribution < -0.4 is 31.9 Å². The number of carboxylic acid groups (broad SMARTS) is 4. The molecule has 0 aromatic heterocycles. The van der Waals surface area contributed by atoms with E-state index in [1.807, 2.05) is 0 Å². The van der Waals surface area contributed by atoms with E-state index in [9.17, 15) is 39.6 Å². The van der Waals surface area contributed by atoms with Crippen LogP contribution in [0, 0.1) is 0 Å². The first kappa shape index (κ1) is 24.3. The number of nitrogens with two attached hydrogens (primary N) is 2. The van der Waals surface area contributed by atoms with Gasteiger partial charge in [0.1, 0.15) is 0 Å². The van der Waals surface area contributed by atoms with Crippen molar-refractivity contribution in [3.63, 3.8) is 0 Å². The molecule has 11 heteroatoms. The molecule has 10 nitrogen and oxygen atoms in total. The minimum Gasteiger partial charge on any atom is -0.550 e. The predicted molar refractivity (Wildman–Crippen MR) is 54.4 cm³/mol. The van der Waals surface area contributed by atoms with Crippen molar-refractivity contribution in [1.29, 1.82) is 0 Å². The molecule has 0 saturated heterocycles. The van der Waals surface area contributed by atoms with Crippen molar-refractivity contribution < 1.29 is 56.7 Å². The summed E-state index contributed by atoms with van der Waals surface area (Å²) >= 11 is 0. The van der Waals surface area contributed by atoms with Crippen molar-refractivity contribution in [3.05, 3.63) is 0 Å². The first-order chi connectivity index (χ1) is 9.07. The molecule has 0 saturated carbocycles. The zero-order valence-corrected chi connectivity index (χ0v) is 12.0. The third-order valence-electron chi connectivity index (χ3n) is 1.92. The van der Waals surface area contributed by atoms with Crippen LogP contribution in [0.4, 0.5) is 0 Å². The van der Waals surface area contributed by atoms with Crippen LogP contribution in [0.5, 0.6) is 0 Å². The molecule has 0 spiro atoms. The Hall–Kier alpha value is -1.68. The van der Waals surface area contributed by atoms with Crippen LogP contribution in [-0.2, 0) is 36.2 Å². The molecule has 1 radical (unpaired) electrons. The minimum atomic E-state index is -1.44. The van der Waals surface area contributed by atoms with Crippen LogP contribution in [0.25, 0.3) is 0 Å². The van der Waals surface area contributed by atoms with Gasteiger partial charge in [0.2, 0.25) is 0 Å². The topological polar surface area (TPSA) is 213 Å². The van der Waals surface area contributed by atoms with Crippen LogP contribution in [0.15, 0.2) is 0 Å². The third kappa shape index (κ3) is 18.3. The van der Waals surface area contributed by atoms with E-state index in [0.717, 1.165) is 0 Å². The second-order valence-corrected chi connectivity index (χ2v) is 3.67. The summed E-state index contributed by atoms with van der Waals surface area (Å²) in [6.45, 7) is 0. The zero-order chi connectivity index (χ0) is 16.3. The van der Waals surface area contributed by atoms with Gasteiger partial charge in [-0.15, -0.1) is 0 Å². The maximum atomic E-state index is 9.86. The van der Waals surface area contributed by atoms with Gasteiger partial charge >= 0.3 is 0 Å². The SMILES string of the molecule is N[C@@H](CCC(=O)[O-])C(=O)[O-].N[C@@H](CCC(=O)[O-])C(=O)[O-].[Mn]. The Kier molecular flexibility index (Phi) is 15.4. The standard InChI is InChI=1S/2C5H9NO4.Mn/c2*6-3(5(9)10)1-2-4(7)8;/h2*3H,1-2,6H2,(H,7,8)(H,9,10);/p-4/t2*3-;/m00./s1. The average molecular weight is 345 g/mol. The van der Waals surface area contributed by atoms with Crippen molar-refractivity contribution >= 4 is 23.9 Å². The van der Waals surface area contributed by atoms with E-state index in [1.165, 1.54) is 0 Å². The monoisotopic (exact) mass is 345 g/mol. The van der Waals surface area contributed by atoms with Crippen LogP contribution in [0.2, 0.25) is 0 Å². The summed E-state index contributed by atoms with van der Waals surface area (Å²) < 4.78 is 0. The van der Waals surface area contributed by atoms with Gasteiger partial charge in [0.05, 0.1) is 11.9 Å². The number of hydrogen-bond acceptors (Lipinski definition) is 10. The summed E-state index contributed by atoms with van der Waals surface area (Å²) in [4.78, 5) is 39.2. The smallest absolute Gasteiger partial charge is 0.0582 e. The Morgan fingerprint density at radius 2 is 0.952 bits per heavy atom. The Morgan fingerprint density at radius 1 is 0.714 bits per heavy atom. The predicted octanol–water partition coefficient (Wildman–Crippen LogP) is -6.82. The molecule has 0 fully saturated rings. The van der Waals surface area contributed by atoms with Crippen molar-refractivity contribution in [2.45, 2.75) is 37.8 Å². The van der Waals surface area contributed by atoms with Gasteiger partial charge in [-0.2, -0.15) is 0 Å². The van der Waals surface area contributed by atoms with Crippen molar-refractivity contribution in [2.75, 3.05) is 0 Å². The van der Waals surface area contributed by atoms with Crippen molar-refractivity contribution in [1.82, 2.24) is 0 Å². The molecule has 0 rings (SSSR count). The summed E-state index contributed by atoms with van der Waals surface area (Å²) in [7, 11) is 0. The molecular formula is C10H14MnN2O8-4. The van der Waals surface area contributed by atoms with Gasteiger partial charge in [-0.05, 0) is 25.7 Å². The molecule has 0 amide bonds. The average Bonchev–Trinajstić information content (AvgIpc) is 2.33. The second-order valence-electron chi connectivity index (χ2n) is 3.67. The Labute approximate surface area is 130 Å². The second kappa shape index (κ2) is 13.3. The van der Waals surface area contributed by atoms with Gasteiger partial charge in [0, 0.05) is 41.1 Å². The van der Waals surface area contributed by atoms with Gasteiger partial charge in [0.25, 0.3) is 0 Å². The molecule has 0 bridgehead atoms. The van der Waals surface area contributed by atoms with Crippen LogP contribution in [0.3, 0.4) is 0 Å². The number of aliphatic carboxylic acids is 4. The fourth-order valence-corrected chi connectivity index (χ4v) is 0.782. The molecule has 0 unspecified atom stereocenters. The minimum absolute atomic E-state index is 0. The molecule has 2 atom stereocenters. The molecule has 0 heterocycles. The molecule has 0 aliphatic heterocycles. The number of carboxylic acids is 4. The summed E-state index contributed by atoms with van der Waals surface area (Å²) in [5, 5.41) is 39.2. The molecular weight excluding hydrogens is 331 g/mol. The van der Waals surface area contributed by atoms with E-state index in [-0.39, 0.29) is 42.8 Å². The number of carbonyl (C=O) groups excluding carboxylic acids is 4. The number of rotatable bonds is 8. The zero-order valence-electron chi connectivity index (χ0n) is 10.8. The molecule has 0 aromatic rings. The van der Waals surface area contributed by atoms with Gasteiger partial charge in [-0.1, -0.05) is 0 Å². The largest absolute Gasteiger partial charge is 0.550 e. The Bertz CT molecular complexity index is 329. The molecule has 0 aliphatic rings. The quantitative estimate of drug-likeness (QED) is 0.396. The van der Waals surface area contributed by atoms with E-state index in [1.54, 1.807) is 0 Å². The van der Waals surface area contributed by atoms with E-state index in [0.29, 0.717) is 0 Å². The number of carbonyl (C=O) groups is 4. The van der Waals surface area contributed by atoms with Crippen LogP contribution >= 0.6 is 0 Å². The van der Waals surface area contributed by atoms with Gasteiger partial charge in [0.15, 0.2) is 0 Å². The van der Waals surface area contributed by atoms with Crippen molar-refractivity contribution in [2.24, 2.45) is 11.5 Å². The molecule has 0 aliphatic carbocycles. The normalized spacial score (nSPS) is 11.9. The van der Waals surface area contributed by atoms with E-state index in [2.05, 4.69) is 0 Å². The van der Waals surface area contributed by atoms with E-state index < -0.39 is 36.0 Å². The molecule has 123 valence electrons. The van der Waals surface area contributed by atoms with Crippen LogP contribution in [-0.4, -0.2) is 36.0 Å². The fraction of sp³-hybridized carbons (Fsp3) is 0.600. The number of hydrogen-bond donors (Lipinski definition) is 2. The van der Waals surface area contributed by atoms with E-state index in [4.69, 9.17) is 11.5 Å². The summed E-state index contributed by atoms with van der Waals surface area (Å²) in [5.74, 6) is -5.50.